The van der Waals surface area contributed by atoms with Gasteiger partial charge in [0.1, 0.15) is 48.8 Å². The van der Waals surface area contributed by atoms with Crippen molar-refractivity contribution in [2.45, 2.75) is 61.3 Å². The first-order valence-corrected chi connectivity index (χ1v) is 15.1. The molecular formula is C32H31N3O12. The van der Waals surface area contributed by atoms with E-state index in [-0.39, 0.29) is 11.1 Å². The number of benzene rings is 3. The van der Waals surface area contributed by atoms with Crippen LogP contribution < -0.4 is 5.32 Å². The first kappa shape index (κ1) is 30.3. The molecule has 9 N–H and O–H groups in total. The number of imide groups is 1. The molecule has 47 heavy (non-hydrogen) atoms. The van der Waals surface area contributed by atoms with Crippen LogP contribution in [0.4, 0.5) is 0 Å². The maximum Gasteiger partial charge on any atom is 0.259 e. The van der Waals surface area contributed by atoms with Crippen LogP contribution in [-0.2, 0) is 14.2 Å². The maximum absolute atomic E-state index is 13.4. The summed E-state index contributed by atoms with van der Waals surface area (Å²) in [5.74, 6) is -1.13. The number of H-pyrrole nitrogens is 1. The second kappa shape index (κ2) is 11.0. The minimum atomic E-state index is -1.81. The normalized spacial score (nSPS) is 32.9. The van der Waals surface area contributed by atoms with Crippen LogP contribution in [0.25, 0.3) is 43.6 Å². The molecule has 2 saturated heterocycles. The summed E-state index contributed by atoms with van der Waals surface area (Å²) >= 11 is 0. The van der Waals surface area contributed by atoms with Gasteiger partial charge in [-0.1, -0.05) is 36.4 Å². The molecule has 2 amide bonds. The number of rotatable bonds is 5. The Labute approximate surface area is 264 Å². The van der Waals surface area contributed by atoms with Crippen molar-refractivity contribution in [3.05, 3.63) is 59.7 Å². The van der Waals surface area contributed by atoms with Crippen LogP contribution in [0.5, 0.6) is 0 Å². The third-order valence-corrected chi connectivity index (χ3v) is 9.52. The van der Waals surface area contributed by atoms with E-state index in [1.54, 1.807) is 28.8 Å². The molecular weight excluding hydrogens is 618 g/mol. The van der Waals surface area contributed by atoms with Crippen LogP contribution in [0.3, 0.4) is 0 Å². The molecule has 5 heterocycles. The van der Waals surface area contributed by atoms with Crippen molar-refractivity contribution >= 4 is 55.4 Å². The van der Waals surface area contributed by atoms with Crippen molar-refractivity contribution in [2.75, 3.05) is 13.2 Å². The van der Waals surface area contributed by atoms with Gasteiger partial charge in [-0.3, -0.25) is 14.9 Å². The predicted octanol–water partition coefficient (Wildman–Crippen LogP) is -0.891. The van der Waals surface area contributed by atoms with Crippen molar-refractivity contribution in [1.82, 2.24) is 14.9 Å². The Morgan fingerprint density at radius 3 is 2.11 bits per heavy atom. The monoisotopic (exact) mass is 649 g/mol. The number of aromatic amines is 1. The van der Waals surface area contributed by atoms with E-state index < -0.39 is 86.4 Å². The molecule has 2 aromatic heterocycles. The van der Waals surface area contributed by atoms with E-state index in [1.165, 1.54) is 0 Å². The van der Waals surface area contributed by atoms with E-state index in [1.807, 2.05) is 24.3 Å². The number of fused-ring (bicyclic) bond motifs is 10. The molecule has 246 valence electrons. The van der Waals surface area contributed by atoms with Gasteiger partial charge in [0.2, 0.25) is 0 Å². The van der Waals surface area contributed by atoms with Crippen molar-refractivity contribution in [3.63, 3.8) is 0 Å². The van der Waals surface area contributed by atoms with E-state index in [2.05, 4.69) is 10.3 Å². The lowest BCUT2D eigenvalue weighted by molar-refractivity contribution is -0.346. The van der Waals surface area contributed by atoms with Crippen molar-refractivity contribution in [2.24, 2.45) is 0 Å². The molecule has 15 heteroatoms. The molecule has 5 aromatic rings. The predicted molar refractivity (Wildman–Crippen MR) is 162 cm³/mol. The number of ether oxygens (including phenoxy) is 3. The Morgan fingerprint density at radius 1 is 0.723 bits per heavy atom. The molecule has 0 spiro atoms. The minimum absolute atomic E-state index is 0.158. The molecule has 3 aromatic carbocycles. The summed E-state index contributed by atoms with van der Waals surface area (Å²) in [6.07, 6.45) is -15.9. The SMILES string of the molecule is O=C1NC(=O)c2c1c1c3ccccc3[nH]c1c1c2c2ccccc2n1C1O[C@H](CO)[C@@H](O[C@H]2O[C@H](CO)[C@@H](O)[C@H](O)[C@H]2O)[C@H](O)[C@H]1O. The third kappa shape index (κ3) is 4.23. The summed E-state index contributed by atoms with van der Waals surface area (Å²) in [4.78, 5) is 30.0. The van der Waals surface area contributed by atoms with E-state index in [4.69, 9.17) is 14.2 Å². The van der Waals surface area contributed by atoms with Gasteiger partial charge in [0.25, 0.3) is 11.8 Å². The summed E-state index contributed by atoms with van der Waals surface area (Å²) in [7, 11) is 0. The highest BCUT2D eigenvalue weighted by Crippen LogP contribution is 2.46. The lowest BCUT2D eigenvalue weighted by Gasteiger charge is -2.46. The largest absolute Gasteiger partial charge is 0.394 e. The van der Waals surface area contributed by atoms with Gasteiger partial charge in [-0.05, 0) is 12.1 Å². The number of nitrogens with zero attached hydrogens (tertiary/aromatic N) is 1. The van der Waals surface area contributed by atoms with Gasteiger partial charge in [-0.25, -0.2) is 0 Å². The van der Waals surface area contributed by atoms with Crippen molar-refractivity contribution in [3.8, 4) is 0 Å². The third-order valence-electron chi connectivity index (χ3n) is 9.52. The molecule has 3 aliphatic heterocycles. The molecule has 2 fully saturated rings. The van der Waals surface area contributed by atoms with E-state index >= 15 is 0 Å². The number of para-hydroxylation sites is 2. The Bertz CT molecular complexity index is 2070. The van der Waals surface area contributed by atoms with Crippen LogP contribution in [0.2, 0.25) is 0 Å². The molecule has 1 unspecified atom stereocenters. The Hall–Kier alpha value is -4.00. The zero-order valence-corrected chi connectivity index (χ0v) is 24.4. The zero-order valence-electron chi connectivity index (χ0n) is 24.4. The van der Waals surface area contributed by atoms with Gasteiger partial charge in [0.15, 0.2) is 12.5 Å². The highest BCUT2D eigenvalue weighted by molar-refractivity contribution is 6.39. The molecule has 10 atom stereocenters. The molecule has 3 aliphatic rings. The first-order chi connectivity index (χ1) is 22.7. The standard InChI is InChI=1S/C32H31N3O12/c36-9-15-23(38)24(39)27(42)32(46-15)47-28-16(10-37)45-31(26(41)25(28)40)35-14-8-4-2-6-12(14)18-20-19(29(43)34-30(20)44)17-11-5-1-3-7-13(11)33-21(17)22(18)35/h1-8,15-16,23-28,31-33,36-42H,9-10H2,(H,34,43,44)/t15-,16-,23-,24+,25-,26-,27-,28-,31?,32-/m1/s1. The van der Waals surface area contributed by atoms with Gasteiger partial charge >= 0.3 is 0 Å². The van der Waals surface area contributed by atoms with Crippen molar-refractivity contribution < 1.29 is 59.5 Å². The molecule has 0 radical (unpaired) electrons. The van der Waals surface area contributed by atoms with Gasteiger partial charge in [0.05, 0.1) is 40.9 Å². The first-order valence-electron chi connectivity index (χ1n) is 15.1. The number of aliphatic hydroxyl groups excluding tert-OH is 7. The van der Waals surface area contributed by atoms with Crippen LogP contribution in [0.15, 0.2) is 48.5 Å². The van der Waals surface area contributed by atoms with Crippen LogP contribution in [0.1, 0.15) is 26.9 Å². The summed E-state index contributed by atoms with van der Waals surface area (Å²) < 4.78 is 19.1. The van der Waals surface area contributed by atoms with Gasteiger partial charge in [-0.2, -0.15) is 0 Å². The smallest absolute Gasteiger partial charge is 0.259 e. The average molecular weight is 650 g/mol. The second-order valence-electron chi connectivity index (χ2n) is 12.1. The number of hydrogen-bond acceptors (Lipinski definition) is 12. The van der Waals surface area contributed by atoms with Gasteiger partial charge in [0, 0.05) is 27.1 Å². The summed E-state index contributed by atoms with van der Waals surface area (Å²) in [5, 5.41) is 78.6. The van der Waals surface area contributed by atoms with E-state index in [0.29, 0.717) is 43.6 Å². The van der Waals surface area contributed by atoms with Crippen LogP contribution in [-0.4, -0.2) is 125 Å². The fourth-order valence-corrected chi connectivity index (χ4v) is 7.32. The Kier molecular flexibility index (Phi) is 7.12. The zero-order chi connectivity index (χ0) is 32.9. The molecule has 0 aliphatic carbocycles. The Balaban J connectivity index is 1.30. The number of nitrogens with one attached hydrogen (secondary N) is 2. The number of amides is 2. The number of carbonyl (C=O) groups is 2. The average Bonchev–Trinajstić information content (AvgIpc) is 3.72. The molecule has 15 nitrogen and oxygen atoms in total. The number of aromatic nitrogens is 2. The van der Waals surface area contributed by atoms with E-state index in [9.17, 15) is 45.3 Å². The van der Waals surface area contributed by atoms with Gasteiger partial charge < -0.3 is 59.5 Å². The van der Waals surface area contributed by atoms with E-state index in [0.717, 1.165) is 0 Å². The molecule has 8 rings (SSSR count). The Morgan fingerprint density at radius 2 is 1.38 bits per heavy atom. The van der Waals surface area contributed by atoms with Crippen molar-refractivity contribution in [1.29, 1.82) is 0 Å². The summed E-state index contributed by atoms with van der Waals surface area (Å²) in [6.45, 7) is -1.44. The second-order valence-corrected chi connectivity index (χ2v) is 12.1. The highest BCUT2D eigenvalue weighted by atomic mass is 16.7. The molecule has 0 saturated carbocycles. The fourth-order valence-electron chi connectivity index (χ4n) is 7.32. The summed E-state index contributed by atoms with van der Waals surface area (Å²) in [6, 6.07) is 14.3. The quantitative estimate of drug-likeness (QED) is 0.106. The minimum Gasteiger partial charge on any atom is -0.394 e. The van der Waals surface area contributed by atoms with Crippen LogP contribution >= 0.6 is 0 Å². The summed E-state index contributed by atoms with van der Waals surface area (Å²) in [5.41, 5.74) is 2.43. The maximum atomic E-state index is 13.4. The molecule has 0 bridgehead atoms. The fraction of sp³-hybridized carbons (Fsp3) is 0.375. The lowest BCUT2D eigenvalue weighted by atomic mass is 9.95. The number of aliphatic hydroxyl groups is 7. The number of carbonyl (C=O) groups excluding carboxylic acids is 2. The van der Waals surface area contributed by atoms with Crippen LogP contribution in [0, 0.1) is 0 Å². The topological polar surface area (TPSA) is 236 Å². The highest BCUT2D eigenvalue weighted by Gasteiger charge is 2.51. The lowest BCUT2D eigenvalue weighted by Crippen LogP contribution is -2.63. The number of hydrogen-bond donors (Lipinski definition) is 9. The van der Waals surface area contributed by atoms with Gasteiger partial charge in [-0.15, -0.1) is 0 Å².